The van der Waals surface area contributed by atoms with E-state index in [2.05, 4.69) is 15.5 Å². The topological polar surface area (TPSA) is 94.0 Å². The van der Waals surface area contributed by atoms with E-state index in [1.54, 1.807) is 18.4 Å². The van der Waals surface area contributed by atoms with Gasteiger partial charge in [0, 0.05) is 11.4 Å². The quantitative estimate of drug-likeness (QED) is 0.838. The second-order valence-electron chi connectivity index (χ2n) is 3.23. The Hall–Kier alpha value is -1.89. The van der Waals surface area contributed by atoms with Crippen LogP contribution >= 0.6 is 11.3 Å². The fraction of sp³-hybridized carbons (Fsp3) is 0.222. The predicted molar refractivity (Wildman–Crippen MR) is 60.1 cm³/mol. The number of amides is 1. The fourth-order valence-corrected chi connectivity index (χ4v) is 1.74. The molecule has 0 fully saturated rings. The normalized spacial score (nSPS) is 10.3. The van der Waals surface area contributed by atoms with E-state index in [1.807, 2.05) is 0 Å². The second kappa shape index (κ2) is 4.31. The standard InChI is InChI=1S/C9H10N4O2S/c1-5-2-8(15-13-5)12-7(14)3-6-4-16-9(10)11-6/h2,4H,3H2,1H3,(H2,10,11)(H,12,14). The van der Waals surface area contributed by atoms with Crippen LogP contribution in [0.25, 0.3) is 0 Å². The SMILES string of the molecule is Cc1cc(NC(=O)Cc2csc(N)n2)on1. The van der Waals surface area contributed by atoms with Gasteiger partial charge in [-0.2, -0.15) is 0 Å². The van der Waals surface area contributed by atoms with E-state index in [1.165, 1.54) is 11.3 Å². The van der Waals surface area contributed by atoms with Gasteiger partial charge in [-0.25, -0.2) is 4.98 Å². The summed E-state index contributed by atoms with van der Waals surface area (Å²) < 4.78 is 4.85. The number of anilines is 2. The van der Waals surface area contributed by atoms with Crippen molar-refractivity contribution in [2.45, 2.75) is 13.3 Å². The van der Waals surface area contributed by atoms with E-state index in [0.29, 0.717) is 22.4 Å². The minimum absolute atomic E-state index is 0.174. The van der Waals surface area contributed by atoms with Gasteiger partial charge in [-0.05, 0) is 6.92 Å². The molecule has 2 aromatic heterocycles. The van der Waals surface area contributed by atoms with Crippen molar-refractivity contribution >= 4 is 28.3 Å². The van der Waals surface area contributed by atoms with Crippen LogP contribution in [0.1, 0.15) is 11.4 Å². The van der Waals surface area contributed by atoms with Gasteiger partial charge in [-0.3, -0.25) is 10.1 Å². The zero-order valence-electron chi connectivity index (χ0n) is 8.56. The summed E-state index contributed by atoms with van der Waals surface area (Å²) in [6.07, 6.45) is 0.174. The van der Waals surface area contributed by atoms with E-state index in [-0.39, 0.29) is 12.3 Å². The third-order valence-corrected chi connectivity index (χ3v) is 2.52. The molecule has 0 radical (unpaired) electrons. The molecule has 1 amide bonds. The van der Waals surface area contributed by atoms with Crippen molar-refractivity contribution in [2.24, 2.45) is 0 Å². The smallest absolute Gasteiger partial charge is 0.232 e. The van der Waals surface area contributed by atoms with Crippen molar-refractivity contribution in [3.63, 3.8) is 0 Å². The summed E-state index contributed by atoms with van der Waals surface area (Å²) >= 11 is 1.31. The third kappa shape index (κ3) is 2.57. The molecule has 2 heterocycles. The van der Waals surface area contributed by atoms with Gasteiger partial charge < -0.3 is 10.3 Å². The summed E-state index contributed by atoms with van der Waals surface area (Å²) in [7, 11) is 0. The van der Waals surface area contributed by atoms with Gasteiger partial charge in [-0.15, -0.1) is 11.3 Å². The Morgan fingerprint density at radius 3 is 3.06 bits per heavy atom. The van der Waals surface area contributed by atoms with Gasteiger partial charge in [0.25, 0.3) is 0 Å². The summed E-state index contributed by atoms with van der Waals surface area (Å²) in [5, 5.41) is 8.44. The number of thiazole rings is 1. The lowest BCUT2D eigenvalue weighted by Gasteiger charge is -1.97. The molecule has 2 rings (SSSR count). The van der Waals surface area contributed by atoms with E-state index >= 15 is 0 Å². The van der Waals surface area contributed by atoms with Crippen molar-refractivity contribution < 1.29 is 9.32 Å². The van der Waals surface area contributed by atoms with Crippen LogP contribution in [0.2, 0.25) is 0 Å². The molecule has 0 aromatic carbocycles. The number of aromatic nitrogens is 2. The molecule has 2 aromatic rings. The molecule has 6 nitrogen and oxygen atoms in total. The molecule has 16 heavy (non-hydrogen) atoms. The monoisotopic (exact) mass is 238 g/mol. The third-order valence-electron chi connectivity index (χ3n) is 1.80. The van der Waals surface area contributed by atoms with Crippen LogP contribution in [0.15, 0.2) is 16.0 Å². The van der Waals surface area contributed by atoms with Gasteiger partial charge in [0.1, 0.15) is 0 Å². The minimum Gasteiger partial charge on any atom is -0.375 e. The first-order valence-corrected chi connectivity index (χ1v) is 5.44. The number of carbonyl (C=O) groups excluding carboxylic acids is 1. The molecule has 0 aliphatic carbocycles. The van der Waals surface area contributed by atoms with Crippen LogP contribution in [-0.2, 0) is 11.2 Å². The molecule has 84 valence electrons. The summed E-state index contributed by atoms with van der Waals surface area (Å²) in [5.74, 6) is 0.132. The van der Waals surface area contributed by atoms with Crippen LogP contribution in [-0.4, -0.2) is 16.0 Å². The lowest BCUT2D eigenvalue weighted by Crippen LogP contribution is -2.14. The zero-order valence-corrected chi connectivity index (χ0v) is 9.37. The molecule has 0 spiro atoms. The molecule has 7 heteroatoms. The van der Waals surface area contributed by atoms with Gasteiger partial charge in [0.2, 0.25) is 11.8 Å². The number of nitrogens with two attached hydrogens (primary N) is 1. The van der Waals surface area contributed by atoms with Gasteiger partial charge in [0.15, 0.2) is 5.13 Å². The maximum atomic E-state index is 11.5. The van der Waals surface area contributed by atoms with Crippen LogP contribution in [0, 0.1) is 6.92 Å². The Labute approximate surface area is 95.5 Å². The molecule has 0 saturated carbocycles. The van der Waals surface area contributed by atoms with Gasteiger partial charge in [-0.1, -0.05) is 5.16 Å². The van der Waals surface area contributed by atoms with Gasteiger partial charge in [0.05, 0.1) is 17.8 Å². The zero-order chi connectivity index (χ0) is 11.5. The van der Waals surface area contributed by atoms with Crippen LogP contribution in [0.4, 0.5) is 11.0 Å². The van der Waals surface area contributed by atoms with E-state index < -0.39 is 0 Å². The Morgan fingerprint density at radius 2 is 2.50 bits per heavy atom. The molecule has 0 saturated heterocycles. The Balaban J connectivity index is 1.94. The number of carbonyl (C=O) groups is 1. The summed E-state index contributed by atoms with van der Waals surface area (Å²) in [6.45, 7) is 1.78. The summed E-state index contributed by atoms with van der Waals surface area (Å²) in [5.41, 5.74) is 6.82. The van der Waals surface area contributed by atoms with E-state index in [9.17, 15) is 4.79 Å². The molecule has 0 unspecified atom stereocenters. The Morgan fingerprint density at radius 1 is 1.69 bits per heavy atom. The first-order chi connectivity index (χ1) is 7.63. The predicted octanol–water partition coefficient (Wildman–Crippen LogP) is 1.20. The Bertz CT molecular complexity index is 461. The average molecular weight is 238 g/mol. The fourth-order valence-electron chi connectivity index (χ4n) is 1.17. The van der Waals surface area contributed by atoms with Crippen molar-refractivity contribution in [1.29, 1.82) is 0 Å². The first kappa shape index (κ1) is 10.6. The van der Waals surface area contributed by atoms with E-state index in [0.717, 1.165) is 0 Å². The second-order valence-corrected chi connectivity index (χ2v) is 4.12. The average Bonchev–Trinajstić information content (AvgIpc) is 2.76. The number of nitrogens with one attached hydrogen (secondary N) is 1. The Kier molecular flexibility index (Phi) is 2.86. The van der Waals surface area contributed by atoms with Crippen molar-refractivity contribution in [3.8, 4) is 0 Å². The number of hydrogen-bond acceptors (Lipinski definition) is 6. The van der Waals surface area contributed by atoms with Crippen molar-refractivity contribution in [1.82, 2.24) is 10.1 Å². The van der Waals surface area contributed by atoms with Crippen molar-refractivity contribution in [3.05, 3.63) is 22.8 Å². The molecule has 0 aliphatic rings. The molecular formula is C9H10N4O2S. The van der Waals surface area contributed by atoms with Crippen molar-refractivity contribution in [2.75, 3.05) is 11.1 Å². The molecule has 0 atom stereocenters. The minimum atomic E-state index is -0.207. The molecule has 0 aliphatic heterocycles. The lowest BCUT2D eigenvalue weighted by atomic mass is 10.3. The number of rotatable bonds is 3. The highest BCUT2D eigenvalue weighted by molar-refractivity contribution is 7.13. The summed E-state index contributed by atoms with van der Waals surface area (Å²) in [4.78, 5) is 15.5. The van der Waals surface area contributed by atoms with Crippen LogP contribution < -0.4 is 11.1 Å². The highest BCUT2D eigenvalue weighted by atomic mass is 32.1. The maximum Gasteiger partial charge on any atom is 0.232 e. The molecular weight excluding hydrogens is 228 g/mol. The van der Waals surface area contributed by atoms with Gasteiger partial charge >= 0.3 is 0 Å². The molecule has 0 bridgehead atoms. The summed E-state index contributed by atoms with van der Waals surface area (Å²) in [6, 6.07) is 1.65. The van der Waals surface area contributed by atoms with Crippen LogP contribution in [0.3, 0.4) is 0 Å². The lowest BCUT2D eigenvalue weighted by molar-refractivity contribution is -0.115. The van der Waals surface area contributed by atoms with E-state index in [4.69, 9.17) is 10.3 Å². The molecule has 3 N–H and O–H groups in total. The number of nitrogens with zero attached hydrogens (tertiary/aromatic N) is 2. The van der Waals surface area contributed by atoms with Crippen LogP contribution in [0.5, 0.6) is 0 Å². The highest BCUT2D eigenvalue weighted by Gasteiger charge is 2.09. The number of nitrogen functional groups attached to an aromatic ring is 1. The largest absolute Gasteiger partial charge is 0.375 e. The number of aryl methyl sites for hydroxylation is 1. The first-order valence-electron chi connectivity index (χ1n) is 4.56. The highest BCUT2D eigenvalue weighted by Crippen LogP contribution is 2.13. The maximum absolute atomic E-state index is 11.5. The number of hydrogen-bond donors (Lipinski definition) is 2.